The second-order valence-corrected chi connectivity index (χ2v) is 19.2. The molecular weight excluding hydrogens is 869 g/mol. The van der Waals surface area contributed by atoms with Crippen LogP contribution in [0, 0.1) is 0 Å². The van der Waals surface area contributed by atoms with E-state index in [0.717, 1.165) is 47.0 Å². The Morgan fingerprint density at radius 2 is 0.528 bits per heavy atom. The van der Waals surface area contributed by atoms with E-state index in [2.05, 4.69) is 292 Å². The molecular formula is C70H60N2. The van der Waals surface area contributed by atoms with Crippen molar-refractivity contribution in [3.8, 4) is 44.5 Å². The lowest BCUT2D eigenvalue weighted by Crippen LogP contribution is -2.11. The van der Waals surface area contributed by atoms with Gasteiger partial charge in [0.05, 0.1) is 0 Å². The maximum Gasteiger partial charge on any atom is 0.0468 e. The first-order valence-electron chi connectivity index (χ1n) is 25.7. The third-order valence-electron chi connectivity index (χ3n) is 14.9. The quantitative estimate of drug-likeness (QED) is 0.100. The van der Waals surface area contributed by atoms with Gasteiger partial charge in [0.2, 0.25) is 0 Å². The summed E-state index contributed by atoms with van der Waals surface area (Å²) in [6.45, 7) is 9.15. The Morgan fingerprint density at radius 1 is 0.264 bits per heavy atom. The molecule has 0 spiro atoms. The maximum atomic E-state index is 2.44. The minimum atomic E-state index is 0.486. The molecule has 0 aliphatic heterocycles. The van der Waals surface area contributed by atoms with Crippen LogP contribution in [0.3, 0.4) is 0 Å². The molecule has 0 N–H and O–H groups in total. The van der Waals surface area contributed by atoms with E-state index in [1.54, 1.807) is 0 Å². The molecule has 72 heavy (non-hydrogen) atoms. The van der Waals surface area contributed by atoms with Crippen molar-refractivity contribution >= 4 is 55.7 Å². The Labute approximate surface area is 426 Å². The van der Waals surface area contributed by atoms with Gasteiger partial charge in [0.1, 0.15) is 0 Å². The number of anilines is 6. The lowest BCUT2D eigenvalue weighted by atomic mass is 9.85. The fourth-order valence-electron chi connectivity index (χ4n) is 10.5. The van der Waals surface area contributed by atoms with Crippen LogP contribution < -0.4 is 9.80 Å². The smallest absolute Gasteiger partial charge is 0.0468 e. The van der Waals surface area contributed by atoms with E-state index in [1.807, 2.05) is 0 Å². The molecule has 350 valence electrons. The molecule has 0 aliphatic carbocycles. The van der Waals surface area contributed by atoms with Gasteiger partial charge < -0.3 is 9.80 Å². The summed E-state index contributed by atoms with van der Waals surface area (Å²) in [4.78, 5) is 4.85. The van der Waals surface area contributed by atoms with Gasteiger partial charge in [-0.3, -0.25) is 0 Å². The molecule has 2 unspecified atom stereocenters. The predicted octanol–water partition coefficient (Wildman–Crippen LogP) is 20.6. The van der Waals surface area contributed by atoms with Crippen LogP contribution in [0.15, 0.2) is 255 Å². The van der Waals surface area contributed by atoms with Gasteiger partial charge in [0.15, 0.2) is 0 Å². The molecule has 0 heterocycles. The van der Waals surface area contributed by atoms with Crippen LogP contribution in [0.25, 0.3) is 66.1 Å². The molecule has 11 aromatic rings. The van der Waals surface area contributed by atoms with E-state index >= 15 is 0 Å². The summed E-state index contributed by atoms with van der Waals surface area (Å²) in [6, 6.07) is 94.0. The molecule has 0 aromatic heterocycles. The van der Waals surface area contributed by atoms with E-state index in [-0.39, 0.29) is 0 Å². The Morgan fingerprint density at radius 3 is 0.833 bits per heavy atom. The zero-order valence-corrected chi connectivity index (χ0v) is 41.7. The van der Waals surface area contributed by atoms with Gasteiger partial charge in [-0.2, -0.15) is 0 Å². The number of benzene rings is 11. The van der Waals surface area contributed by atoms with Gasteiger partial charge in [-0.25, -0.2) is 0 Å². The van der Waals surface area contributed by atoms with Crippen LogP contribution in [0.4, 0.5) is 34.1 Å². The van der Waals surface area contributed by atoms with Gasteiger partial charge in [0, 0.05) is 34.1 Å². The van der Waals surface area contributed by atoms with Crippen molar-refractivity contribution in [2.75, 3.05) is 9.80 Å². The first-order valence-corrected chi connectivity index (χ1v) is 25.7. The lowest BCUT2D eigenvalue weighted by Gasteiger charge is -2.28. The summed E-state index contributed by atoms with van der Waals surface area (Å²) in [7, 11) is 0. The molecule has 2 nitrogen and oxygen atoms in total. The highest BCUT2D eigenvalue weighted by molar-refractivity contribution is 6.22. The minimum Gasteiger partial charge on any atom is -0.310 e. The van der Waals surface area contributed by atoms with Crippen LogP contribution in [0.5, 0.6) is 0 Å². The van der Waals surface area contributed by atoms with E-state index in [9.17, 15) is 0 Å². The van der Waals surface area contributed by atoms with E-state index in [0.29, 0.717) is 11.8 Å². The van der Waals surface area contributed by atoms with Crippen LogP contribution in [0.2, 0.25) is 0 Å². The summed E-state index contributed by atoms with van der Waals surface area (Å²) >= 11 is 0. The van der Waals surface area contributed by atoms with Crippen molar-refractivity contribution in [3.63, 3.8) is 0 Å². The van der Waals surface area contributed by atoms with Crippen LogP contribution >= 0.6 is 0 Å². The molecule has 2 atom stereocenters. The largest absolute Gasteiger partial charge is 0.310 e. The van der Waals surface area contributed by atoms with Crippen molar-refractivity contribution in [2.45, 2.75) is 52.4 Å². The number of rotatable bonds is 14. The van der Waals surface area contributed by atoms with Crippen molar-refractivity contribution in [1.29, 1.82) is 0 Å². The van der Waals surface area contributed by atoms with Crippen molar-refractivity contribution in [3.05, 3.63) is 266 Å². The summed E-state index contributed by atoms with van der Waals surface area (Å²) in [5.74, 6) is 0.971. The fourth-order valence-corrected chi connectivity index (χ4v) is 10.5. The highest BCUT2D eigenvalue weighted by atomic mass is 15.1. The Bertz CT molecular complexity index is 3330. The predicted molar refractivity (Wildman–Crippen MR) is 310 cm³/mol. The molecule has 0 aliphatic rings. The number of fused-ring (bicyclic) bond motifs is 2. The summed E-state index contributed by atoms with van der Waals surface area (Å²) < 4.78 is 0. The van der Waals surface area contributed by atoms with Crippen LogP contribution in [-0.2, 0) is 0 Å². The van der Waals surface area contributed by atoms with Gasteiger partial charge >= 0.3 is 0 Å². The van der Waals surface area contributed by atoms with Crippen LogP contribution in [0.1, 0.15) is 63.5 Å². The maximum absolute atomic E-state index is 2.44. The number of hydrogen-bond donors (Lipinski definition) is 0. The zero-order chi connectivity index (χ0) is 49.0. The third-order valence-corrected chi connectivity index (χ3v) is 14.9. The van der Waals surface area contributed by atoms with Gasteiger partial charge in [-0.1, -0.05) is 210 Å². The highest BCUT2D eigenvalue weighted by Crippen LogP contribution is 2.49. The molecule has 0 amide bonds. The Kier molecular flexibility index (Phi) is 13.1. The van der Waals surface area contributed by atoms with Gasteiger partial charge in [0.25, 0.3) is 0 Å². The molecule has 11 aromatic carbocycles. The summed E-state index contributed by atoms with van der Waals surface area (Å²) in [5.41, 5.74) is 19.0. The lowest BCUT2D eigenvalue weighted by molar-refractivity contribution is 0.733. The first-order chi connectivity index (χ1) is 35.4. The van der Waals surface area contributed by atoms with Crippen molar-refractivity contribution in [1.82, 2.24) is 0 Å². The zero-order valence-electron chi connectivity index (χ0n) is 41.7. The summed E-state index contributed by atoms with van der Waals surface area (Å²) in [6.07, 6.45) is 2.20. The van der Waals surface area contributed by atoms with Gasteiger partial charge in [-0.05, 0) is 175 Å². The molecule has 2 heteroatoms. The Hall–Kier alpha value is -8.46. The SMILES string of the molecule is CCC(C)c1ccc(N(c2ccc(-c3ccccc3)cc2)c2ccc3c(-c4ccccc4)c4cc(N(c5ccc(-c6ccccc6)cc5)c5ccc(C(C)CC)cc5)ccc4c(-c4ccccc4)c3c2)cc1. The first kappa shape index (κ1) is 46.0. The monoisotopic (exact) mass is 928 g/mol. The summed E-state index contributed by atoms with van der Waals surface area (Å²) in [5, 5.41) is 4.82. The second kappa shape index (κ2) is 20.5. The number of nitrogens with zero attached hydrogens (tertiary/aromatic N) is 2. The standard InChI is InChI=1S/C70H60N2/c1-5-49(3)51-27-35-59(36-28-51)71(61-39-31-55(32-40-61)53-19-11-7-12-20-53)63-43-45-65-67(47-63)69(57-23-15-9-16-24-57)66-46-44-64(48-68(66)70(65)58-25-17-10-18-26-58)72(60-37-29-52(30-38-60)50(4)6-2)62-41-33-56(34-42-62)54-21-13-8-14-22-54/h7-50H,5-6H2,1-4H3. The average Bonchev–Trinajstić information content (AvgIpc) is 3.46. The van der Waals surface area contributed by atoms with Crippen LogP contribution in [-0.4, -0.2) is 0 Å². The van der Waals surface area contributed by atoms with E-state index in [4.69, 9.17) is 0 Å². The second-order valence-electron chi connectivity index (χ2n) is 19.2. The van der Waals surface area contributed by atoms with Gasteiger partial charge in [-0.15, -0.1) is 0 Å². The third kappa shape index (κ3) is 9.09. The van der Waals surface area contributed by atoms with E-state index < -0.39 is 0 Å². The van der Waals surface area contributed by atoms with E-state index in [1.165, 1.54) is 77.2 Å². The highest BCUT2D eigenvalue weighted by Gasteiger charge is 2.23. The molecule has 0 radical (unpaired) electrons. The fraction of sp³-hybridized carbons (Fsp3) is 0.114. The molecule has 0 saturated carbocycles. The minimum absolute atomic E-state index is 0.486. The van der Waals surface area contributed by atoms with Crippen molar-refractivity contribution < 1.29 is 0 Å². The molecule has 0 bridgehead atoms. The number of hydrogen-bond acceptors (Lipinski definition) is 2. The van der Waals surface area contributed by atoms with Crippen molar-refractivity contribution in [2.24, 2.45) is 0 Å². The Balaban J connectivity index is 1.14. The average molecular weight is 929 g/mol. The molecule has 0 saturated heterocycles. The topological polar surface area (TPSA) is 6.48 Å². The normalized spacial score (nSPS) is 12.2. The molecule has 11 rings (SSSR count). The molecule has 0 fully saturated rings.